The zero-order chi connectivity index (χ0) is 38.1. The van der Waals surface area contributed by atoms with Crippen LogP contribution in [0.1, 0.15) is 187 Å². The third-order valence-electron chi connectivity index (χ3n) is 9.41. The molecule has 0 N–H and O–H groups in total. The third kappa shape index (κ3) is 41.0. The molecular weight excluding hydrogens is 695 g/mol. The number of allylic oxidation sites excluding steroid dienone is 4. The van der Waals surface area contributed by atoms with Gasteiger partial charge in [-0.3, -0.25) is 4.90 Å². The highest BCUT2D eigenvalue weighted by Crippen LogP contribution is 2.26. The lowest BCUT2D eigenvalue weighted by atomic mass is 10.1. The van der Waals surface area contributed by atoms with Crippen molar-refractivity contribution in [3.8, 4) is 12.3 Å². The van der Waals surface area contributed by atoms with Crippen LogP contribution in [0, 0.1) is 12.3 Å². The maximum atomic E-state index is 6.60. The molecule has 0 spiro atoms. The molecule has 1 unspecified atom stereocenters. The predicted molar refractivity (Wildman–Crippen MR) is 240 cm³/mol. The molecule has 0 aliphatic rings. The number of rotatable bonds is 42. The van der Waals surface area contributed by atoms with Crippen LogP contribution in [0.15, 0.2) is 24.3 Å². The molecule has 0 aromatic rings. The van der Waals surface area contributed by atoms with E-state index >= 15 is 0 Å². The van der Waals surface area contributed by atoms with Crippen molar-refractivity contribution in [2.45, 2.75) is 207 Å². The van der Waals surface area contributed by atoms with E-state index in [2.05, 4.69) is 69.1 Å². The molecule has 0 bridgehead atoms. The Morgan fingerprint density at radius 2 is 1.12 bits per heavy atom. The van der Waals surface area contributed by atoms with Crippen molar-refractivity contribution in [3.63, 3.8) is 0 Å². The SMILES string of the molecule is C#CCN(C)CCCCCCO[Si](C)(C)OC(CCSSCCCCCCCCCCCC)OCCCCCCCC/C=C\C/C=C\CCCCC. The van der Waals surface area contributed by atoms with E-state index in [1.165, 1.54) is 153 Å². The van der Waals surface area contributed by atoms with Crippen molar-refractivity contribution in [2.24, 2.45) is 0 Å². The lowest BCUT2D eigenvalue weighted by molar-refractivity contribution is -0.0997. The monoisotopic (exact) mass is 782 g/mol. The summed E-state index contributed by atoms with van der Waals surface area (Å²) >= 11 is 0. The summed E-state index contributed by atoms with van der Waals surface area (Å²) in [5.41, 5.74) is 0. The van der Waals surface area contributed by atoms with Gasteiger partial charge in [-0.05, 0) is 84.5 Å². The summed E-state index contributed by atoms with van der Waals surface area (Å²) < 4.78 is 19.4. The number of hydrogen-bond acceptors (Lipinski definition) is 6. The van der Waals surface area contributed by atoms with Crippen LogP contribution < -0.4 is 0 Å². The molecule has 0 aromatic carbocycles. The normalized spacial score (nSPS) is 12.9. The Kier molecular flexibility index (Phi) is 41.8. The van der Waals surface area contributed by atoms with E-state index in [1.807, 2.05) is 21.6 Å². The topological polar surface area (TPSA) is 30.9 Å². The van der Waals surface area contributed by atoms with Gasteiger partial charge in [-0.2, -0.15) is 0 Å². The first-order chi connectivity index (χ1) is 25.4. The van der Waals surface area contributed by atoms with Crippen LogP contribution in [0.25, 0.3) is 0 Å². The number of terminal acetylenes is 1. The van der Waals surface area contributed by atoms with Gasteiger partial charge >= 0.3 is 8.56 Å². The van der Waals surface area contributed by atoms with Crippen LogP contribution in [0.2, 0.25) is 13.1 Å². The molecule has 7 heteroatoms. The van der Waals surface area contributed by atoms with E-state index in [0.717, 1.165) is 57.7 Å². The molecule has 1 atom stereocenters. The van der Waals surface area contributed by atoms with Crippen LogP contribution in [0.4, 0.5) is 0 Å². The Labute approximate surface area is 335 Å². The van der Waals surface area contributed by atoms with Gasteiger partial charge in [0, 0.05) is 31.1 Å². The Morgan fingerprint density at radius 1 is 0.615 bits per heavy atom. The lowest BCUT2D eigenvalue weighted by Crippen LogP contribution is -2.40. The number of unbranched alkanes of at least 4 members (excludes halogenated alkanes) is 21. The molecule has 0 aromatic heterocycles. The minimum Gasteiger partial charge on any atom is -0.394 e. The summed E-state index contributed by atoms with van der Waals surface area (Å²) in [6.45, 7) is 12.3. The van der Waals surface area contributed by atoms with Gasteiger partial charge in [0.25, 0.3) is 0 Å². The van der Waals surface area contributed by atoms with Crippen LogP contribution in [-0.2, 0) is 13.6 Å². The molecule has 0 fully saturated rings. The average Bonchev–Trinajstić information content (AvgIpc) is 3.12. The number of hydrogen-bond donors (Lipinski definition) is 0. The minimum atomic E-state index is -2.26. The van der Waals surface area contributed by atoms with Crippen molar-refractivity contribution in [3.05, 3.63) is 24.3 Å². The Hall–Kier alpha value is -0.203. The van der Waals surface area contributed by atoms with Crippen molar-refractivity contribution in [1.29, 1.82) is 0 Å². The van der Waals surface area contributed by atoms with Gasteiger partial charge < -0.3 is 13.6 Å². The molecule has 0 radical (unpaired) electrons. The fourth-order valence-electron chi connectivity index (χ4n) is 6.13. The highest BCUT2D eigenvalue weighted by Gasteiger charge is 2.29. The van der Waals surface area contributed by atoms with Crippen molar-refractivity contribution in [1.82, 2.24) is 4.90 Å². The number of nitrogens with zero attached hydrogens (tertiary/aromatic N) is 1. The standard InChI is InChI=1S/C45H87NO3S2Si/c1-7-10-12-14-16-18-20-21-22-23-24-25-26-28-31-35-41-47-45(38-44-51-50-43-37-33-29-27-19-17-15-13-11-8-2)49-52(5,6)48-42-36-32-30-34-40-46(4)39-9-3/h3,16,18,21-22,45H,7-8,10-15,17,19-20,23-44H2,1-2,4-6H3/b18-16-,22-21-. The van der Waals surface area contributed by atoms with Crippen molar-refractivity contribution >= 4 is 30.1 Å². The molecule has 0 saturated heterocycles. The summed E-state index contributed by atoms with van der Waals surface area (Å²) in [4.78, 5) is 2.21. The van der Waals surface area contributed by atoms with Gasteiger partial charge in [0.05, 0.1) is 6.54 Å². The van der Waals surface area contributed by atoms with Gasteiger partial charge in [0.2, 0.25) is 0 Å². The van der Waals surface area contributed by atoms with Gasteiger partial charge in [-0.15, -0.1) is 6.42 Å². The molecule has 306 valence electrons. The number of ether oxygens (including phenoxy) is 1. The third-order valence-corrected chi connectivity index (χ3v) is 13.7. The first-order valence-corrected chi connectivity index (χ1v) is 27.3. The average molecular weight is 782 g/mol. The smallest absolute Gasteiger partial charge is 0.333 e. The highest BCUT2D eigenvalue weighted by atomic mass is 33.1. The van der Waals surface area contributed by atoms with Gasteiger partial charge in [0.1, 0.15) is 6.29 Å². The molecule has 0 amide bonds. The second-order valence-corrected chi connectivity index (χ2v) is 21.2. The summed E-state index contributed by atoms with van der Waals surface area (Å²) in [5, 5.41) is 0. The molecule has 0 rings (SSSR count). The van der Waals surface area contributed by atoms with E-state index in [4.69, 9.17) is 20.0 Å². The molecule has 0 aliphatic carbocycles. The fourth-order valence-corrected chi connectivity index (χ4v) is 9.85. The molecule has 0 saturated carbocycles. The van der Waals surface area contributed by atoms with Crippen LogP contribution >= 0.6 is 21.6 Å². The van der Waals surface area contributed by atoms with Gasteiger partial charge in [-0.25, -0.2) is 0 Å². The quantitative estimate of drug-likeness (QED) is 0.0153. The molecule has 0 heterocycles. The first kappa shape index (κ1) is 51.8. The Morgan fingerprint density at radius 3 is 1.75 bits per heavy atom. The maximum absolute atomic E-state index is 6.60. The summed E-state index contributed by atoms with van der Waals surface area (Å²) in [6.07, 6.45) is 49.4. The molecular formula is C45H87NO3S2Si. The second-order valence-electron chi connectivity index (χ2n) is 15.2. The summed E-state index contributed by atoms with van der Waals surface area (Å²) in [6, 6.07) is 0. The van der Waals surface area contributed by atoms with Gasteiger partial charge in [-0.1, -0.05) is 175 Å². The predicted octanol–water partition coefficient (Wildman–Crippen LogP) is 14.7. The molecule has 0 aliphatic heterocycles. The van der Waals surface area contributed by atoms with Crippen LogP contribution in [0.3, 0.4) is 0 Å². The largest absolute Gasteiger partial charge is 0.394 e. The van der Waals surface area contributed by atoms with E-state index in [1.54, 1.807) is 0 Å². The first-order valence-electron chi connectivity index (χ1n) is 22.0. The molecule has 52 heavy (non-hydrogen) atoms. The second kappa shape index (κ2) is 41.9. The zero-order valence-corrected chi connectivity index (χ0v) is 37.9. The minimum absolute atomic E-state index is 0.156. The van der Waals surface area contributed by atoms with Crippen LogP contribution in [0.5, 0.6) is 0 Å². The Bertz CT molecular complexity index is 819. The lowest BCUT2D eigenvalue weighted by Gasteiger charge is -2.29. The van der Waals surface area contributed by atoms with Crippen molar-refractivity contribution in [2.75, 3.05) is 44.9 Å². The van der Waals surface area contributed by atoms with E-state index < -0.39 is 8.56 Å². The van der Waals surface area contributed by atoms with Crippen LogP contribution in [-0.4, -0.2) is 64.6 Å². The van der Waals surface area contributed by atoms with E-state index in [9.17, 15) is 0 Å². The van der Waals surface area contributed by atoms with E-state index in [-0.39, 0.29) is 6.29 Å². The summed E-state index contributed by atoms with van der Waals surface area (Å²) in [7, 11) is 3.86. The zero-order valence-electron chi connectivity index (χ0n) is 35.3. The van der Waals surface area contributed by atoms with E-state index in [0.29, 0.717) is 0 Å². The van der Waals surface area contributed by atoms with Crippen molar-refractivity contribution < 1.29 is 13.6 Å². The molecule has 4 nitrogen and oxygen atoms in total. The maximum Gasteiger partial charge on any atom is 0.333 e. The summed E-state index contributed by atoms with van der Waals surface area (Å²) in [5.74, 6) is 5.04. The highest BCUT2D eigenvalue weighted by molar-refractivity contribution is 8.76. The van der Waals surface area contributed by atoms with Gasteiger partial charge in [0.15, 0.2) is 0 Å². The fraction of sp³-hybridized carbons (Fsp3) is 0.867. The Balaban J connectivity index is 4.26.